The lowest BCUT2D eigenvalue weighted by molar-refractivity contribution is -0.140. The lowest BCUT2D eigenvalue weighted by Gasteiger charge is -2.28. The molecule has 0 saturated carbocycles. The van der Waals surface area contributed by atoms with Crippen LogP contribution >= 0.6 is 0 Å². The minimum absolute atomic E-state index is 0.00375. The lowest BCUT2D eigenvalue weighted by atomic mass is 10.0. The fourth-order valence-corrected chi connectivity index (χ4v) is 5.80. The van der Waals surface area contributed by atoms with Crippen LogP contribution in [0.3, 0.4) is 0 Å². The van der Waals surface area contributed by atoms with E-state index in [-0.39, 0.29) is 31.5 Å². The normalized spacial score (nSPS) is 17.9. The van der Waals surface area contributed by atoms with Crippen molar-refractivity contribution in [2.45, 2.75) is 43.8 Å². The third-order valence-corrected chi connectivity index (χ3v) is 8.07. The summed E-state index contributed by atoms with van der Waals surface area (Å²) in [6.07, 6.45) is -1.58. The Morgan fingerprint density at radius 2 is 1.69 bits per heavy atom. The average Bonchev–Trinajstić information content (AvgIpc) is 3.66. The van der Waals surface area contributed by atoms with Crippen molar-refractivity contribution in [3.63, 3.8) is 0 Å². The van der Waals surface area contributed by atoms with Crippen LogP contribution in [0, 0.1) is 23.3 Å². The topological polar surface area (TPSA) is 170 Å². The smallest absolute Gasteiger partial charge is 0.413 e. The largest absolute Gasteiger partial charge is 0.481 e. The molecule has 0 radical (unpaired) electrons. The molecule has 3 unspecified atom stereocenters. The number of aliphatic carboxylic acids is 1. The minimum atomic E-state index is -1.92. The number of halogens is 4. The number of hydrogen-bond acceptors (Lipinski definition) is 9. The Kier molecular flexibility index (Phi) is 8.99. The summed E-state index contributed by atoms with van der Waals surface area (Å²) in [5, 5.41) is 14.2. The molecule has 3 amide bonds. The molecular weight excluding hydrogens is 662 g/mol. The molecule has 0 bridgehead atoms. The van der Waals surface area contributed by atoms with Crippen LogP contribution in [0.2, 0.25) is 0 Å². The quantitative estimate of drug-likeness (QED) is 0.213. The van der Waals surface area contributed by atoms with Crippen molar-refractivity contribution in [2.24, 2.45) is 0 Å². The highest BCUT2D eigenvalue weighted by Gasteiger charge is 2.45. The highest BCUT2D eigenvalue weighted by molar-refractivity contribution is 6.08. The molecule has 6 rings (SSSR count). The van der Waals surface area contributed by atoms with Gasteiger partial charge in [-0.05, 0) is 36.1 Å². The van der Waals surface area contributed by atoms with Gasteiger partial charge in [0, 0.05) is 18.6 Å². The van der Waals surface area contributed by atoms with E-state index < -0.39 is 89.8 Å². The van der Waals surface area contributed by atoms with E-state index in [9.17, 15) is 46.6 Å². The molecule has 3 aromatic rings. The number of Topliss-reactive ketones (excluding diaryl/α,β-unsaturated/α-hetero) is 1. The third-order valence-electron chi connectivity index (χ3n) is 8.07. The van der Waals surface area contributed by atoms with Gasteiger partial charge in [-0.2, -0.15) is 8.78 Å². The zero-order chi connectivity index (χ0) is 35.0. The Bertz CT molecular complexity index is 1860. The first-order valence-corrected chi connectivity index (χ1v) is 14.7. The number of ketones is 1. The number of carbonyl (C=O) groups is 5. The maximum atomic E-state index is 14.0. The number of amides is 3. The first kappa shape index (κ1) is 33.0. The van der Waals surface area contributed by atoms with Crippen molar-refractivity contribution >= 4 is 35.3 Å². The summed E-state index contributed by atoms with van der Waals surface area (Å²) < 4.78 is 75.8. The monoisotopic (exact) mass is 687 g/mol. The molecule has 0 saturated heterocycles. The van der Waals surface area contributed by atoms with Crippen molar-refractivity contribution < 1.29 is 65.6 Å². The summed E-state index contributed by atoms with van der Waals surface area (Å²) in [7, 11) is 0. The summed E-state index contributed by atoms with van der Waals surface area (Å²) >= 11 is 0. The number of benzene rings is 3. The van der Waals surface area contributed by atoms with E-state index >= 15 is 0 Å². The van der Waals surface area contributed by atoms with E-state index in [0.717, 1.165) is 4.90 Å². The summed E-state index contributed by atoms with van der Waals surface area (Å²) in [4.78, 5) is 66.1. The molecule has 3 N–H and O–H groups in total. The number of para-hydroxylation sites is 1. The Hall–Kier alpha value is -5.87. The van der Waals surface area contributed by atoms with Gasteiger partial charge in [0.15, 0.2) is 34.7 Å². The van der Waals surface area contributed by atoms with E-state index in [1.165, 1.54) is 12.1 Å². The zero-order valence-corrected chi connectivity index (χ0v) is 25.1. The predicted molar refractivity (Wildman–Crippen MR) is 156 cm³/mol. The van der Waals surface area contributed by atoms with E-state index in [4.69, 9.17) is 14.2 Å². The highest BCUT2D eigenvalue weighted by Crippen LogP contribution is 2.39. The number of hydrogen-bond donors (Lipinski definition) is 3. The van der Waals surface area contributed by atoms with Gasteiger partial charge in [-0.3, -0.25) is 24.1 Å². The molecule has 0 aliphatic carbocycles. The SMILES string of the molecule is O=C(O)CC(NC(=O)C1Cc2cccc3c2N1C(=O)C(NC(=O)Oc1ccc2c(c1)OCO2)CC3)C(=O)COc1c(F)c(F)cc(F)c1F. The Balaban J connectivity index is 1.18. The predicted octanol–water partition coefficient (Wildman–Crippen LogP) is 2.94. The van der Waals surface area contributed by atoms with Crippen molar-refractivity contribution in [2.75, 3.05) is 18.3 Å². The fraction of sp³-hybridized carbons (Fsp3) is 0.281. The van der Waals surface area contributed by atoms with Crippen LogP contribution in [0.4, 0.5) is 28.0 Å². The minimum Gasteiger partial charge on any atom is -0.481 e. The van der Waals surface area contributed by atoms with E-state index in [1.807, 2.05) is 0 Å². The molecule has 3 heterocycles. The van der Waals surface area contributed by atoms with Crippen LogP contribution < -0.4 is 34.5 Å². The van der Waals surface area contributed by atoms with E-state index in [0.29, 0.717) is 34.7 Å². The molecule has 0 fully saturated rings. The van der Waals surface area contributed by atoms with Crippen molar-refractivity contribution in [1.29, 1.82) is 0 Å². The molecule has 0 aromatic heterocycles. The fourth-order valence-electron chi connectivity index (χ4n) is 5.80. The van der Waals surface area contributed by atoms with Crippen LogP contribution in [0.25, 0.3) is 0 Å². The number of fused-ring (bicyclic) bond motifs is 1. The average molecular weight is 688 g/mol. The first-order valence-electron chi connectivity index (χ1n) is 14.7. The second kappa shape index (κ2) is 13.3. The second-order valence-electron chi connectivity index (χ2n) is 11.2. The number of carboxylic acids is 1. The molecule has 3 aliphatic heterocycles. The van der Waals surface area contributed by atoms with Gasteiger partial charge in [0.1, 0.15) is 30.5 Å². The number of nitrogens with zero attached hydrogens (tertiary/aromatic N) is 1. The van der Waals surface area contributed by atoms with Crippen molar-refractivity contribution in [3.05, 3.63) is 76.9 Å². The zero-order valence-electron chi connectivity index (χ0n) is 25.1. The molecular formula is C32H25F4N3O10. The summed E-state index contributed by atoms with van der Waals surface area (Å²) in [6, 6.07) is 5.20. The Labute approximate surface area is 273 Å². The van der Waals surface area contributed by atoms with Crippen LogP contribution in [0.15, 0.2) is 42.5 Å². The summed E-state index contributed by atoms with van der Waals surface area (Å²) in [5.41, 5.74) is 1.70. The lowest BCUT2D eigenvalue weighted by Crippen LogP contribution is -2.57. The molecule has 3 aliphatic rings. The van der Waals surface area contributed by atoms with E-state index in [1.54, 1.807) is 24.3 Å². The molecule has 17 heteroatoms. The van der Waals surface area contributed by atoms with Crippen LogP contribution in [-0.4, -0.2) is 66.3 Å². The van der Waals surface area contributed by atoms with Gasteiger partial charge in [0.2, 0.25) is 30.2 Å². The standard InChI is InChI=1S/C32H25F4N3O10/c33-17-10-18(34)27(36)29(26(17)35)46-12-22(40)20(11-25(41)42)37-30(43)21-8-15-3-1-2-14-4-6-19(31(44)39(21)28(14)15)38-32(45)49-16-5-7-23-24(9-16)48-13-47-23/h1-3,5,7,9-10,19-21H,4,6,8,11-13H2,(H,37,43)(H,38,45)(H,41,42). The molecule has 3 atom stereocenters. The van der Waals surface area contributed by atoms with Crippen LogP contribution in [-0.2, 0) is 32.0 Å². The van der Waals surface area contributed by atoms with Gasteiger partial charge < -0.3 is 34.7 Å². The second-order valence-corrected chi connectivity index (χ2v) is 11.2. The van der Waals surface area contributed by atoms with Crippen LogP contribution in [0.5, 0.6) is 23.0 Å². The molecule has 3 aromatic carbocycles. The number of rotatable bonds is 10. The number of carbonyl (C=O) groups excluding carboxylic acids is 4. The number of anilines is 1. The number of nitrogens with one attached hydrogen (secondary N) is 2. The van der Waals surface area contributed by atoms with Gasteiger partial charge in [-0.15, -0.1) is 0 Å². The maximum Gasteiger partial charge on any atom is 0.413 e. The number of ether oxygens (including phenoxy) is 4. The summed E-state index contributed by atoms with van der Waals surface area (Å²) in [6.45, 7) is -1.27. The van der Waals surface area contributed by atoms with Gasteiger partial charge in [-0.1, -0.05) is 18.2 Å². The van der Waals surface area contributed by atoms with E-state index in [2.05, 4.69) is 15.4 Å². The molecule has 49 heavy (non-hydrogen) atoms. The Morgan fingerprint density at radius 1 is 0.980 bits per heavy atom. The van der Waals surface area contributed by atoms with Gasteiger partial charge >= 0.3 is 12.1 Å². The van der Waals surface area contributed by atoms with Crippen molar-refractivity contribution in [1.82, 2.24) is 10.6 Å². The third kappa shape index (κ3) is 6.63. The van der Waals surface area contributed by atoms with Gasteiger partial charge in [0.25, 0.3) is 0 Å². The van der Waals surface area contributed by atoms with Gasteiger partial charge in [0.05, 0.1) is 12.1 Å². The highest BCUT2D eigenvalue weighted by atomic mass is 19.2. The number of carboxylic acid groups (broad SMARTS) is 1. The van der Waals surface area contributed by atoms with Crippen molar-refractivity contribution in [3.8, 4) is 23.0 Å². The number of aryl methyl sites for hydroxylation is 1. The summed E-state index contributed by atoms with van der Waals surface area (Å²) in [5.74, 6) is -12.5. The van der Waals surface area contributed by atoms with Gasteiger partial charge in [-0.25, -0.2) is 13.6 Å². The maximum absolute atomic E-state index is 14.0. The molecule has 13 nitrogen and oxygen atoms in total. The first-order chi connectivity index (χ1) is 23.4. The Morgan fingerprint density at radius 3 is 2.43 bits per heavy atom. The molecule has 256 valence electrons. The molecule has 0 spiro atoms. The van der Waals surface area contributed by atoms with Crippen LogP contribution in [0.1, 0.15) is 24.0 Å².